The number of benzene rings is 2. The molecule has 4 rings (SSSR count). The van der Waals surface area contributed by atoms with Crippen LogP contribution >= 0.6 is 12.4 Å². The molecule has 11 heteroatoms. The Kier molecular flexibility index (Phi) is 7.86. The highest BCUT2D eigenvalue weighted by Crippen LogP contribution is 2.25. The van der Waals surface area contributed by atoms with E-state index < -0.39 is 24.0 Å². The maximum absolute atomic E-state index is 13.1. The summed E-state index contributed by atoms with van der Waals surface area (Å²) < 4.78 is 5.44. The van der Waals surface area contributed by atoms with Gasteiger partial charge in [0.2, 0.25) is 0 Å². The molecule has 3 amide bonds. The molecule has 10 nitrogen and oxygen atoms in total. The summed E-state index contributed by atoms with van der Waals surface area (Å²) in [5, 5.41) is 25.0. The number of fused-ring (bicyclic) bond motifs is 1. The second-order valence-electron chi connectivity index (χ2n) is 7.75. The van der Waals surface area contributed by atoms with Crippen molar-refractivity contribution >= 4 is 41.5 Å². The van der Waals surface area contributed by atoms with E-state index in [0.717, 1.165) is 5.56 Å². The van der Waals surface area contributed by atoms with Crippen LogP contribution in [0.3, 0.4) is 0 Å². The summed E-state index contributed by atoms with van der Waals surface area (Å²) in [5.74, 6) is -1.52. The molecule has 0 unspecified atom stereocenters. The van der Waals surface area contributed by atoms with Crippen LogP contribution in [-0.4, -0.2) is 54.7 Å². The number of anilines is 2. The Hall–Kier alpha value is -3.49. The molecule has 34 heavy (non-hydrogen) atoms. The van der Waals surface area contributed by atoms with Gasteiger partial charge in [-0.05, 0) is 53.9 Å². The lowest BCUT2D eigenvalue weighted by Gasteiger charge is -2.34. The average Bonchev–Trinajstić information content (AvgIpc) is 2.83. The number of nitrogens with two attached hydrogens (primary N) is 1. The van der Waals surface area contributed by atoms with Crippen molar-refractivity contribution in [1.29, 1.82) is 5.26 Å². The largest absolute Gasteiger partial charge is 0.380 e. The van der Waals surface area contributed by atoms with Gasteiger partial charge in [-0.25, -0.2) is 0 Å². The number of aliphatic hydroxyl groups excluding tert-OH is 1. The lowest BCUT2D eigenvalue weighted by atomic mass is 9.99. The number of halogens is 1. The van der Waals surface area contributed by atoms with E-state index in [1.807, 2.05) is 6.07 Å². The van der Waals surface area contributed by atoms with Crippen molar-refractivity contribution < 1.29 is 24.2 Å². The van der Waals surface area contributed by atoms with Crippen molar-refractivity contribution in [2.75, 3.05) is 29.9 Å². The molecule has 178 valence electrons. The first-order valence-electron chi connectivity index (χ1n) is 10.5. The van der Waals surface area contributed by atoms with E-state index in [1.54, 1.807) is 24.3 Å². The van der Waals surface area contributed by atoms with Gasteiger partial charge in [-0.1, -0.05) is 0 Å². The molecule has 0 spiro atoms. The fraction of sp³-hybridized carbons (Fsp3) is 0.304. The normalized spacial score (nSPS) is 18.1. The first kappa shape index (κ1) is 25.1. The topological polar surface area (TPSA) is 158 Å². The predicted molar refractivity (Wildman–Crippen MR) is 126 cm³/mol. The van der Waals surface area contributed by atoms with Gasteiger partial charge in [0.15, 0.2) is 12.2 Å². The van der Waals surface area contributed by atoms with Crippen LogP contribution in [-0.2, 0) is 27.3 Å². The van der Waals surface area contributed by atoms with Crippen LogP contribution in [0.25, 0.3) is 0 Å². The number of hydrogen-bond donors (Lipinski definition) is 4. The summed E-state index contributed by atoms with van der Waals surface area (Å²) >= 11 is 0. The van der Waals surface area contributed by atoms with Gasteiger partial charge in [-0.2, -0.15) is 5.26 Å². The summed E-state index contributed by atoms with van der Waals surface area (Å²) in [7, 11) is 0. The van der Waals surface area contributed by atoms with E-state index in [2.05, 4.69) is 10.6 Å². The molecular weight excluding hydrogens is 462 g/mol. The monoisotopic (exact) mass is 485 g/mol. The van der Waals surface area contributed by atoms with Crippen molar-refractivity contribution in [3.05, 3.63) is 58.7 Å². The van der Waals surface area contributed by atoms with Crippen molar-refractivity contribution in [3.8, 4) is 6.07 Å². The molecule has 0 radical (unpaired) electrons. The Morgan fingerprint density at radius 2 is 2.12 bits per heavy atom. The fourth-order valence-corrected chi connectivity index (χ4v) is 3.97. The quantitative estimate of drug-likeness (QED) is 0.478. The minimum atomic E-state index is -1.75. The summed E-state index contributed by atoms with van der Waals surface area (Å²) in [6, 6.07) is 11.7. The Morgan fingerprint density at radius 1 is 1.32 bits per heavy atom. The number of morpholine rings is 1. The van der Waals surface area contributed by atoms with Gasteiger partial charge in [0.25, 0.3) is 17.7 Å². The Balaban J connectivity index is 0.00000324. The molecule has 1 fully saturated rings. The number of carbonyl (C=O) groups excluding carboxylic acids is 3. The van der Waals surface area contributed by atoms with Crippen LogP contribution in [0.1, 0.15) is 27.0 Å². The van der Waals surface area contributed by atoms with Crippen LogP contribution in [0, 0.1) is 11.3 Å². The maximum atomic E-state index is 13.1. The number of amides is 3. The zero-order valence-electron chi connectivity index (χ0n) is 18.1. The third-order valence-corrected chi connectivity index (χ3v) is 5.72. The van der Waals surface area contributed by atoms with E-state index in [1.165, 1.54) is 17.0 Å². The van der Waals surface area contributed by atoms with Gasteiger partial charge < -0.3 is 31.1 Å². The molecule has 2 atom stereocenters. The Bertz CT molecular complexity index is 1160. The third kappa shape index (κ3) is 4.88. The molecule has 0 saturated carbocycles. The van der Waals surface area contributed by atoms with Gasteiger partial charge >= 0.3 is 0 Å². The summed E-state index contributed by atoms with van der Waals surface area (Å²) in [4.78, 5) is 39.1. The highest BCUT2D eigenvalue weighted by molar-refractivity contribution is 6.04. The molecule has 0 aromatic heterocycles. The van der Waals surface area contributed by atoms with Crippen molar-refractivity contribution in [1.82, 2.24) is 5.32 Å². The van der Waals surface area contributed by atoms with E-state index in [4.69, 9.17) is 15.7 Å². The fourth-order valence-electron chi connectivity index (χ4n) is 3.97. The molecule has 1 saturated heterocycles. The van der Waals surface area contributed by atoms with E-state index in [-0.39, 0.29) is 38.0 Å². The number of nitrogens with one attached hydrogen (secondary N) is 2. The number of carbonyl (C=O) groups is 3. The van der Waals surface area contributed by atoms with Crippen molar-refractivity contribution in [2.45, 2.75) is 25.2 Å². The van der Waals surface area contributed by atoms with Gasteiger partial charge in [-0.3, -0.25) is 14.4 Å². The summed E-state index contributed by atoms with van der Waals surface area (Å²) in [5.41, 5.74) is 8.89. The SMILES string of the molecule is Cl.N#Cc1ccc(NC(=O)[C@H](O)[C@H]2OCCN(c3ccc4c(c3)CCNC4=O)C2=O)cc1CN. The van der Waals surface area contributed by atoms with Gasteiger partial charge in [0, 0.05) is 36.6 Å². The van der Waals surface area contributed by atoms with Crippen LogP contribution in [0.4, 0.5) is 11.4 Å². The number of nitriles is 1. The zero-order chi connectivity index (χ0) is 23.5. The lowest BCUT2D eigenvalue weighted by molar-refractivity contribution is -0.150. The van der Waals surface area contributed by atoms with Crippen LogP contribution in [0.2, 0.25) is 0 Å². The van der Waals surface area contributed by atoms with E-state index in [0.29, 0.717) is 41.0 Å². The van der Waals surface area contributed by atoms with Crippen molar-refractivity contribution in [3.63, 3.8) is 0 Å². The molecular formula is C23H24ClN5O5. The molecule has 2 aliphatic heterocycles. The molecule has 2 aromatic rings. The standard InChI is InChI=1S/C23H23N5O5.ClH/c24-11-14-1-2-16(9-15(14)12-25)27-22(31)19(29)20-23(32)28(7-8-33-20)17-3-4-18-13(10-17)5-6-26-21(18)30;/h1-4,9-10,19-20,29H,5-8,12,25H2,(H,26,30)(H,27,31);1H/t19-,20-;/m1./s1. The number of hydrogen-bond acceptors (Lipinski definition) is 7. The molecule has 2 aromatic carbocycles. The smallest absolute Gasteiger partial charge is 0.259 e. The second kappa shape index (κ2) is 10.6. The van der Waals surface area contributed by atoms with Crippen LogP contribution < -0.4 is 21.3 Å². The predicted octanol–water partition coefficient (Wildman–Crippen LogP) is 0.456. The number of ether oxygens (including phenoxy) is 1. The van der Waals surface area contributed by atoms with Crippen LogP contribution in [0.15, 0.2) is 36.4 Å². The average molecular weight is 486 g/mol. The van der Waals surface area contributed by atoms with E-state index >= 15 is 0 Å². The third-order valence-electron chi connectivity index (χ3n) is 5.72. The van der Waals surface area contributed by atoms with Crippen LogP contribution in [0.5, 0.6) is 0 Å². The van der Waals surface area contributed by atoms with Gasteiger partial charge in [0.1, 0.15) is 0 Å². The minimum Gasteiger partial charge on any atom is -0.380 e. The number of rotatable bonds is 5. The Labute approximate surface area is 202 Å². The summed E-state index contributed by atoms with van der Waals surface area (Å²) in [6.45, 7) is 1.02. The summed E-state index contributed by atoms with van der Waals surface area (Å²) in [6.07, 6.45) is -2.48. The second-order valence-corrected chi connectivity index (χ2v) is 7.75. The van der Waals surface area contributed by atoms with Crippen molar-refractivity contribution in [2.24, 2.45) is 5.73 Å². The lowest BCUT2D eigenvalue weighted by Crippen LogP contribution is -2.55. The number of aliphatic hydroxyl groups is 1. The minimum absolute atomic E-state index is 0. The van der Waals surface area contributed by atoms with Gasteiger partial charge in [-0.15, -0.1) is 12.4 Å². The first-order chi connectivity index (χ1) is 15.9. The van der Waals surface area contributed by atoms with E-state index in [9.17, 15) is 19.5 Å². The number of nitrogens with zero attached hydrogens (tertiary/aromatic N) is 2. The molecule has 2 aliphatic rings. The maximum Gasteiger partial charge on any atom is 0.259 e. The first-order valence-corrected chi connectivity index (χ1v) is 10.5. The molecule has 5 N–H and O–H groups in total. The highest BCUT2D eigenvalue weighted by atomic mass is 35.5. The van der Waals surface area contributed by atoms with Gasteiger partial charge in [0.05, 0.1) is 18.2 Å². The zero-order valence-corrected chi connectivity index (χ0v) is 18.9. The molecule has 0 aliphatic carbocycles. The highest BCUT2D eigenvalue weighted by Gasteiger charge is 2.39. The molecule has 2 heterocycles. The Morgan fingerprint density at radius 3 is 2.85 bits per heavy atom. The molecule has 0 bridgehead atoms.